The van der Waals surface area contributed by atoms with Crippen LogP contribution in [0.1, 0.15) is 46.5 Å². The molecule has 0 aromatic carbocycles. The van der Waals surface area contributed by atoms with Crippen molar-refractivity contribution >= 4 is 30.9 Å². The zero-order chi connectivity index (χ0) is 12.4. The van der Waals surface area contributed by atoms with Crippen molar-refractivity contribution in [2.75, 3.05) is 4.43 Å². The van der Waals surface area contributed by atoms with E-state index < -0.39 is 8.32 Å². The highest BCUT2D eigenvalue weighted by Crippen LogP contribution is 2.40. The molecule has 3 heteroatoms. The quantitative estimate of drug-likeness (QED) is 0.394. The molecule has 0 aromatic heterocycles. The highest BCUT2D eigenvalue weighted by atomic mass is 127. The van der Waals surface area contributed by atoms with E-state index in [0.29, 0.717) is 11.1 Å². The molecule has 1 rings (SSSR count). The maximum absolute atomic E-state index is 6.58. The Kier molecular flexibility index (Phi) is 5.33. The molecular formula is C13H27IOSi. The van der Waals surface area contributed by atoms with Gasteiger partial charge in [0, 0.05) is 10.5 Å². The first-order valence-electron chi connectivity index (χ1n) is 6.52. The van der Waals surface area contributed by atoms with Crippen LogP contribution in [0.3, 0.4) is 0 Å². The Hall–Kier alpha value is 0.907. The molecule has 0 spiro atoms. The van der Waals surface area contributed by atoms with Crippen molar-refractivity contribution in [2.24, 2.45) is 5.92 Å². The average molecular weight is 354 g/mol. The normalized spacial score (nSPS) is 28.1. The molecule has 1 aliphatic carbocycles. The Morgan fingerprint density at radius 2 is 1.75 bits per heavy atom. The van der Waals surface area contributed by atoms with Crippen molar-refractivity contribution in [1.29, 1.82) is 0 Å². The highest BCUT2D eigenvalue weighted by Gasteiger charge is 2.40. The van der Waals surface area contributed by atoms with Crippen molar-refractivity contribution in [2.45, 2.75) is 70.7 Å². The van der Waals surface area contributed by atoms with E-state index in [0.717, 1.165) is 5.92 Å². The van der Waals surface area contributed by atoms with E-state index in [1.807, 2.05) is 0 Å². The van der Waals surface area contributed by atoms with Crippen LogP contribution >= 0.6 is 22.6 Å². The summed E-state index contributed by atoms with van der Waals surface area (Å²) in [6.07, 6.45) is 5.99. The Bertz CT molecular complexity index is 222. The molecule has 0 amide bonds. The molecule has 1 nitrogen and oxygen atoms in total. The zero-order valence-corrected chi connectivity index (χ0v) is 14.6. The van der Waals surface area contributed by atoms with Crippen molar-refractivity contribution in [3.05, 3.63) is 0 Å². The number of alkyl halides is 1. The second-order valence-electron chi connectivity index (χ2n) is 6.62. The van der Waals surface area contributed by atoms with E-state index >= 15 is 0 Å². The van der Waals surface area contributed by atoms with Gasteiger partial charge in [-0.1, -0.05) is 56.2 Å². The predicted molar refractivity (Wildman–Crippen MR) is 82.9 cm³/mol. The Balaban J connectivity index is 2.64. The maximum Gasteiger partial charge on any atom is 0.192 e. The van der Waals surface area contributed by atoms with Gasteiger partial charge in [0.15, 0.2) is 8.32 Å². The summed E-state index contributed by atoms with van der Waals surface area (Å²) in [4.78, 5) is 0. The largest absolute Gasteiger partial charge is 0.414 e. The maximum atomic E-state index is 6.58. The summed E-state index contributed by atoms with van der Waals surface area (Å²) in [5.74, 6) is 0.809. The Morgan fingerprint density at radius 1 is 1.19 bits per heavy atom. The fourth-order valence-corrected chi connectivity index (χ4v) is 4.49. The fourth-order valence-electron chi connectivity index (χ4n) is 2.06. The second-order valence-corrected chi connectivity index (χ2v) is 12.3. The van der Waals surface area contributed by atoms with Gasteiger partial charge >= 0.3 is 0 Å². The van der Waals surface area contributed by atoms with Gasteiger partial charge in [-0.25, -0.2) is 0 Å². The molecule has 0 N–H and O–H groups in total. The molecule has 0 bridgehead atoms. The molecular weight excluding hydrogens is 327 g/mol. The van der Waals surface area contributed by atoms with Gasteiger partial charge in [0.05, 0.1) is 0 Å². The van der Waals surface area contributed by atoms with Gasteiger partial charge in [0.2, 0.25) is 0 Å². The summed E-state index contributed by atoms with van der Waals surface area (Å²) >= 11 is 2.53. The van der Waals surface area contributed by atoms with E-state index in [2.05, 4.69) is 56.5 Å². The van der Waals surface area contributed by atoms with Crippen LogP contribution in [0.4, 0.5) is 0 Å². The first-order valence-corrected chi connectivity index (χ1v) is 10.9. The third-order valence-corrected chi connectivity index (χ3v) is 9.93. The van der Waals surface area contributed by atoms with Crippen molar-refractivity contribution in [3.63, 3.8) is 0 Å². The zero-order valence-electron chi connectivity index (χ0n) is 11.5. The summed E-state index contributed by atoms with van der Waals surface area (Å²) in [6.45, 7) is 11.8. The van der Waals surface area contributed by atoms with Crippen LogP contribution in [0.15, 0.2) is 0 Å². The smallest absolute Gasteiger partial charge is 0.192 e. The van der Waals surface area contributed by atoms with E-state index in [4.69, 9.17) is 4.43 Å². The van der Waals surface area contributed by atoms with Crippen molar-refractivity contribution in [3.8, 4) is 0 Å². The third kappa shape index (κ3) is 3.70. The molecule has 0 aliphatic heterocycles. The second kappa shape index (κ2) is 5.70. The first kappa shape index (κ1) is 15.0. The lowest BCUT2D eigenvalue weighted by atomic mass is 9.88. The third-order valence-electron chi connectivity index (χ3n) is 4.29. The first-order chi connectivity index (χ1) is 7.28. The number of halogens is 1. The molecule has 1 saturated carbocycles. The average Bonchev–Trinajstić information content (AvgIpc) is 2.16. The van der Waals surface area contributed by atoms with Gasteiger partial charge in [0.25, 0.3) is 0 Å². The van der Waals surface area contributed by atoms with Crippen LogP contribution in [0, 0.1) is 5.92 Å². The molecule has 0 aromatic rings. The lowest BCUT2D eigenvalue weighted by molar-refractivity contribution is 0.0920. The lowest BCUT2D eigenvalue weighted by Crippen LogP contribution is -2.46. The summed E-state index contributed by atoms with van der Waals surface area (Å²) in [5.41, 5.74) is 0. The molecule has 1 aliphatic rings. The Morgan fingerprint density at radius 3 is 2.25 bits per heavy atom. The van der Waals surface area contributed by atoms with E-state index in [1.165, 1.54) is 30.1 Å². The molecule has 16 heavy (non-hydrogen) atoms. The minimum absolute atomic E-state index is 0.347. The van der Waals surface area contributed by atoms with Gasteiger partial charge < -0.3 is 4.43 Å². The molecule has 2 atom stereocenters. The number of hydrogen-bond donors (Lipinski definition) is 0. The fraction of sp³-hybridized carbons (Fsp3) is 1.00. The lowest BCUT2D eigenvalue weighted by Gasteiger charge is -2.42. The summed E-state index contributed by atoms with van der Waals surface area (Å²) in [7, 11) is -1.55. The molecule has 96 valence electrons. The van der Waals surface area contributed by atoms with Crippen LogP contribution in [-0.4, -0.2) is 18.8 Å². The van der Waals surface area contributed by atoms with E-state index in [9.17, 15) is 0 Å². The number of hydrogen-bond acceptors (Lipinski definition) is 1. The van der Waals surface area contributed by atoms with Gasteiger partial charge in [-0.05, 0) is 36.9 Å². The molecule has 0 radical (unpaired) electrons. The van der Waals surface area contributed by atoms with Gasteiger partial charge in [-0.3, -0.25) is 0 Å². The van der Waals surface area contributed by atoms with E-state index in [-0.39, 0.29) is 0 Å². The van der Waals surface area contributed by atoms with Crippen LogP contribution in [0.5, 0.6) is 0 Å². The van der Waals surface area contributed by atoms with Crippen LogP contribution in [0.25, 0.3) is 0 Å². The highest BCUT2D eigenvalue weighted by molar-refractivity contribution is 14.1. The number of rotatable bonds is 3. The topological polar surface area (TPSA) is 9.23 Å². The SMILES string of the molecule is CC(C)(C)[Si](C)(C)O[C@H]1CCCC[C@H]1CI. The van der Waals surface area contributed by atoms with Gasteiger partial charge in [-0.2, -0.15) is 0 Å². The summed E-state index contributed by atoms with van der Waals surface area (Å²) in [5, 5.41) is 0.347. The van der Waals surface area contributed by atoms with Crippen LogP contribution < -0.4 is 0 Å². The van der Waals surface area contributed by atoms with Crippen molar-refractivity contribution < 1.29 is 4.43 Å². The molecule has 0 unspecified atom stereocenters. The molecule has 0 saturated heterocycles. The molecule has 0 heterocycles. The summed E-state index contributed by atoms with van der Waals surface area (Å²) < 4.78 is 7.84. The standard InChI is InChI=1S/C13H27IOSi/c1-13(2,3)16(4,5)15-12-9-7-6-8-11(12)10-14/h11-12H,6-10H2,1-5H3/t11-,12-/m0/s1. The van der Waals surface area contributed by atoms with Gasteiger partial charge in [-0.15, -0.1) is 0 Å². The monoisotopic (exact) mass is 354 g/mol. The van der Waals surface area contributed by atoms with Crippen LogP contribution in [-0.2, 0) is 4.43 Å². The van der Waals surface area contributed by atoms with Crippen molar-refractivity contribution in [1.82, 2.24) is 0 Å². The molecule has 1 fully saturated rings. The predicted octanol–water partition coefficient (Wildman–Crippen LogP) is 5.00. The summed E-state index contributed by atoms with van der Waals surface area (Å²) in [6, 6.07) is 0. The van der Waals surface area contributed by atoms with Gasteiger partial charge in [0.1, 0.15) is 0 Å². The van der Waals surface area contributed by atoms with Crippen LogP contribution in [0.2, 0.25) is 18.1 Å². The minimum atomic E-state index is -1.55. The minimum Gasteiger partial charge on any atom is -0.414 e. The Labute approximate surface area is 116 Å². The van der Waals surface area contributed by atoms with E-state index in [1.54, 1.807) is 0 Å².